The third kappa shape index (κ3) is 2.85. The van der Waals surface area contributed by atoms with Crippen LogP contribution in [-0.4, -0.2) is 0 Å². The fraction of sp³-hybridized carbons (Fsp3) is 0.0667. The van der Waals surface area contributed by atoms with Crippen LogP contribution in [0.4, 0.5) is 0 Å². The van der Waals surface area contributed by atoms with Gasteiger partial charge < -0.3 is 4.74 Å². The molecule has 3 nitrogen and oxygen atoms in total. The van der Waals surface area contributed by atoms with Gasteiger partial charge in [-0.05, 0) is 48.9 Å². The average molecular weight is 269 g/mol. The Morgan fingerprint density at radius 2 is 1.58 bits per heavy atom. The molecule has 0 N–H and O–H groups in total. The third-order valence-corrected chi connectivity index (χ3v) is 3.02. The molecule has 19 heavy (non-hydrogen) atoms. The van der Waals surface area contributed by atoms with Gasteiger partial charge in [0.2, 0.25) is 0 Å². The van der Waals surface area contributed by atoms with Crippen LogP contribution in [0.3, 0.4) is 0 Å². The summed E-state index contributed by atoms with van der Waals surface area (Å²) >= 11 is 5.94. The maximum Gasteiger partial charge on any atom is 0.128 e. The highest BCUT2D eigenvalue weighted by atomic mass is 35.5. The molecule has 92 valence electrons. The van der Waals surface area contributed by atoms with Gasteiger partial charge in [0.15, 0.2) is 0 Å². The third-order valence-electron chi connectivity index (χ3n) is 2.60. The minimum atomic E-state index is 0.297. The highest BCUT2D eigenvalue weighted by Gasteiger charge is 2.05. The van der Waals surface area contributed by atoms with E-state index in [1.54, 1.807) is 30.3 Å². The first-order valence-electron chi connectivity index (χ1n) is 5.52. The van der Waals surface area contributed by atoms with E-state index in [2.05, 4.69) is 0 Å². The van der Waals surface area contributed by atoms with Crippen LogP contribution in [0.2, 0.25) is 5.02 Å². The van der Waals surface area contributed by atoms with E-state index in [9.17, 15) is 0 Å². The number of hydrogen-bond acceptors (Lipinski definition) is 3. The summed E-state index contributed by atoms with van der Waals surface area (Å²) in [5.41, 5.74) is 1.54. The number of nitrogens with zero attached hydrogens (tertiary/aromatic N) is 2. The minimum Gasteiger partial charge on any atom is -0.457 e. The van der Waals surface area contributed by atoms with Crippen molar-refractivity contribution in [2.45, 2.75) is 6.92 Å². The molecule has 0 aromatic heterocycles. The number of halogens is 1. The van der Waals surface area contributed by atoms with Gasteiger partial charge in [-0.25, -0.2) is 0 Å². The molecule has 0 atom stereocenters. The summed E-state index contributed by atoms with van der Waals surface area (Å²) in [6.07, 6.45) is 0. The Balaban J connectivity index is 2.32. The lowest BCUT2D eigenvalue weighted by atomic mass is 10.1. The molecule has 0 aliphatic carbocycles. The Bertz CT molecular complexity index is 711. The van der Waals surface area contributed by atoms with Crippen molar-refractivity contribution in [1.82, 2.24) is 0 Å². The van der Waals surface area contributed by atoms with Gasteiger partial charge in [0.05, 0.1) is 11.1 Å². The van der Waals surface area contributed by atoms with Crippen LogP contribution < -0.4 is 4.74 Å². The quantitative estimate of drug-likeness (QED) is 0.821. The van der Waals surface area contributed by atoms with Gasteiger partial charge in [-0.15, -0.1) is 0 Å². The number of hydrogen-bond donors (Lipinski definition) is 0. The average Bonchev–Trinajstić information content (AvgIpc) is 2.43. The Labute approximate surface area is 116 Å². The highest BCUT2D eigenvalue weighted by molar-refractivity contribution is 6.31. The Kier molecular flexibility index (Phi) is 3.71. The molecule has 2 rings (SSSR count). The van der Waals surface area contributed by atoms with Crippen molar-refractivity contribution < 1.29 is 4.74 Å². The minimum absolute atomic E-state index is 0.297. The van der Waals surface area contributed by atoms with Crippen molar-refractivity contribution in [3.8, 4) is 23.6 Å². The van der Waals surface area contributed by atoms with Gasteiger partial charge in [-0.3, -0.25) is 0 Å². The maximum atomic E-state index is 8.95. The van der Waals surface area contributed by atoms with E-state index in [0.29, 0.717) is 27.6 Å². The van der Waals surface area contributed by atoms with Crippen molar-refractivity contribution in [1.29, 1.82) is 10.5 Å². The molecule has 0 saturated carbocycles. The summed E-state index contributed by atoms with van der Waals surface area (Å²) in [6.45, 7) is 1.88. The molecule has 0 unspecified atom stereocenters. The van der Waals surface area contributed by atoms with Crippen molar-refractivity contribution >= 4 is 11.6 Å². The summed E-state index contributed by atoms with van der Waals surface area (Å²) in [6, 6.07) is 14.0. The lowest BCUT2D eigenvalue weighted by Crippen LogP contribution is -1.89. The molecule has 0 spiro atoms. The Hall–Kier alpha value is -2.49. The topological polar surface area (TPSA) is 56.8 Å². The van der Waals surface area contributed by atoms with Crippen LogP contribution >= 0.6 is 11.6 Å². The van der Waals surface area contributed by atoms with Crippen LogP contribution in [0.25, 0.3) is 0 Å². The zero-order chi connectivity index (χ0) is 13.8. The van der Waals surface area contributed by atoms with Gasteiger partial charge >= 0.3 is 0 Å². The van der Waals surface area contributed by atoms with E-state index >= 15 is 0 Å². The Morgan fingerprint density at radius 1 is 0.947 bits per heavy atom. The number of rotatable bonds is 2. The van der Waals surface area contributed by atoms with Crippen LogP contribution in [0.5, 0.6) is 11.5 Å². The summed E-state index contributed by atoms with van der Waals surface area (Å²) < 4.78 is 5.64. The zero-order valence-corrected chi connectivity index (χ0v) is 10.9. The monoisotopic (exact) mass is 268 g/mol. The molecule has 0 aliphatic rings. The lowest BCUT2D eigenvalue weighted by Gasteiger charge is -2.08. The highest BCUT2D eigenvalue weighted by Crippen LogP contribution is 2.27. The SMILES string of the molecule is Cc1cc(Oc2ccc(C#N)c(C#N)c2)ccc1Cl. The first kappa shape index (κ1) is 13.0. The standard InChI is InChI=1S/C15H9ClN2O/c1-10-6-13(4-5-15(10)16)19-14-3-2-11(8-17)12(7-14)9-18/h2-7H,1H3. The molecule has 0 fully saturated rings. The normalized spacial score (nSPS) is 9.47. The van der Waals surface area contributed by atoms with Crippen LogP contribution in [-0.2, 0) is 0 Å². The zero-order valence-electron chi connectivity index (χ0n) is 10.1. The second-order valence-corrected chi connectivity index (χ2v) is 4.35. The van der Waals surface area contributed by atoms with E-state index in [4.69, 9.17) is 26.9 Å². The van der Waals surface area contributed by atoms with E-state index in [0.717, 1.165) is 5.56 Å². The van der Waals surface area contributed by atoms with Gasteiger partial charge in [0, 0.05) is 5.02 Å². The first-order chi connectivity index (χ1) is 9.13. The van der Waals surface area contributed by atoms with Crippen LogP contribution in [0.15, 0.2) is 36.4 Å². The molecule has 0 aliphatic heterocycles. The Morgan fingerprint density at radius 3 is 2.21 bits per heavy atom. The van der Waals surface area contributed by atoms with Gasteiger partial charge in [0.25, 0.3) is 0 Å². The van der Waals surface area contributed by atoms with E-state index in [1.165, 1.54) is 0 Å². The maximum absolute atomic E-state index is 8.95. The smallest absolute Gasteiger partial charge is 0.128 e. The molecule has 2 aromatic rings. The van der Waals surface area contributed by atoms with Crippen molar-refractivity contribution in [3.63, 3.8) is 0 Å². The molecule has 0 heterocycles. The van der Waals surface area contributed by atoms with Gasteiger partial charge in [0.1, 0.15) is 23.6 Å². The second-order valence-electron chi connectivity index (χ2n) is 3.94. The molecule has 4 heteroatoms. The van der Waals surface area contributed by atoms with Crippen molar-refractivity contribution in [2.24, 2.45) is 0 Å². The largest absolute Gasteiger partial charge is 0.457 e. The summed E-state index contributed by atoms with van der Waals surface area (Å²) in [5.74, 6) is 1.15. The van der Waals surface area contributed by atoms with Gasteiger partial charge in [-0.1, -0.05) is 11.6 Å². The molecule has 2 aromatic carbocycles. The fourth-order valence-corrected chi connectivity index (χ4v) is 1.71. The van der Waals surface area contributed by atoms with E-state index in [1.807, 2.05) is 25.1 Å². The summed E-state index contributed by atoms with van der Waals surface area (Å²) in [5, 5.41) is 18.5. The molecular formula is C15H9ClN2O. The van der Waals surface area contributed by atoms with E-state index < -0.39 is 0 Å². The summed E-state index contributed by atoms with van der Waals surface area (Å²) in [4.78, 5) is 0. The fourth-order valence-electron chi connectivity index (χ4n) is 1.59. The van der Waals surface area contributed by atoms with Gasteiger partial charge in [-0.2, -0.15) is 10.5 Å². The molecule has 0 radical (unpaired) electrons. The first-order valence-corrected chi connectivity index (χ1v) is 5.90. The molecule has 0 amide bonds. The number of nitriles is 2. The summed E-state index contributed by atoms with van der Waals surface area (Å²) in [7, 11) is 0. The van der Waals surface area contributed by atoms with Crippen molar-refractivity contribution in [2.75, 3.05) is 0 Å². The van der Waals surface area contributed by atoms with Crippen LogP contribution in [0.1, 0.15) is 16.7 Å². The number of aryl methyl sites for hydroxylation is 1. The number of ether oxygens (including phenoxy) is 1. The molecular weight excluding hydrogens is 260 g/mol. The predicted octanol–water partition coefficient (Wildman–Crippen LogP) is 4.18. The number of benzene rings is 2. The van der Waals surface area contributed by atoms with Crippen molar-refractivity contribution in [3.05, 3.63) is 58.1 Å². The molecule has 0 saturated heterocycles. The predicted molar refractivity (Wildman–Crippen MR) is 72.1 cm³/mol. The lowest BCUT2D eigenvalue weighted by molar-refractivity contribution is 0.482. The van der Waals surface area contributed by atoms with E-state index in [-0.39, 0.29) is 0 Å². The second kappa shape index (κ2) is 5.44. The molecule has 0 bridgehead atoms. The van der Waals surface area contributed by atoms with Crippen LogP contribution in [0, 0.1) is 29.6 Å².